The molecule has 0 spiro atoms. The Morgan fingerprint density at radius 3 is 3.22 bits per heavy atom. The summed E-state index contributed by atoms with van der Waals surface area (Å²) >= 11 is 0. The Morgan fingerprint density at radius 2 is 2.44 bits per heavy atom. The average molecular weight is 120 g/mol. The van der Waals surface area contributed by atoms with Crippen molar-refractivity contribution < 1.29 is 0 Å². The minimum absolute atomic E-state index is 0.699. The van der Waals surface area contributed by atoms with Crippen molar-refractivity contribution in [3.05, 3.63) is 29.6 Å². The number of rotatable bonds is 0. The van der Waals surface area contributed by atoms with Crippen LogP contribution in [0.3, 0.4) is 0 Å². The van der Waals surface area contributed by atoms with Crippen LogP contribution in [0, 0.1) is 0 Å². The van der Waals surface area contributed by atoms with Gasteiger partial charge in [-0.2, -0.15) is 0 Å². The fraction of sp³-hybridized carbons (Fsp3) is 0.143. The Kier molecular flexibility index (Phi) is 1.52. The Labute approximate surface area is 54.1 Å². The molecule has 0 atom stereocenters. The highest BCUT2D eigenvalue weighted by atomic mass is 14.7. The third kappa shape index (κ3) is 1.59. The fourth-order valence-electron chi connectivity index (χ4n) is 0.593. The van der Waals surface area contributed by atoms with E-state index < -0.39 is 0 Å². The maximum Gasteiger partial charge on any atom is 0.0411 e. The highest BCUT2D eigenvalue weighted by Gasteiger charge is 1.86. The van der Waals surface area contributed by atoms with Crippen LogP contribution in [-0.2, 0) is 0 Å². The summed E-state index contributed by atoms with van der Waals surface area (Å²) in [6.07, 6.45) is 5.22. The molecule has 1 heterocycles. The maximum atomic E-state index is 5.47. The van der Waals surface area contributed by atoms with E-state index in [9.17, 15) is 0 Å². The number of hydrogen-bond acceptors (Lipinski definition) is 2. The first-order chi connectivity index (χ1) is 4.29. The molecule has 0 amide bonds. The van der Waals surface area contributed by atoms with Crippen LogP contribution in [0.1, 0.15) is 6.92 Å². The van der Waals surface area contributed by atoms with Crippen LogP contribution in [0.2, 0.25) is 0 Å². The van der Waals surface area contributed by atoms with Crippen LogP contribution in [-0.4, -0.2) is 5.87 Å². The van der Waals surface area contributed by atoms with Crippen molar-refractivity contribution in [2.24, 2.45) is 10.7 Å². The molecule has 0 saturated carbocycles. The van der Waals surface area contributed by atoms with E-state index in [0.717, 1.165) is 5.57 Å². The lowest BCUT2D eigenvalue weighted by Crippen LogP contribution is -1.91. The third-order valence-electron chi connectivity index (χ3n) is 0.968. The molecule has 1 rings (SSSR count). The van der Waals surface area contributed by atoms with Crippen molar-refractivity contribution in [2.75, 3.05) is 0 Å². The van der Waals surface area contributed by atoms with Gasteiger partial charge in [-0.05, 0) is 24.4 Å². The third-order valence-corrected chi connectivity index (χ3v) is 0.968. The SMILES string of the molecule is CC1=CN=C=CC(N)=C1. The Morgan fingerprint density at radius 1 is 1.67 bits per heavy atom. The summed E-state index contributed by atoms with van der Waals surface area (Å²) in [5, 5.41) is 0. The summed E-state index contributed by atoms with van der Waals surface area (Å²) in [6.45, 7) is 1.94. The molecule has 46 valence electrons. The van der Waals surface area contributed by atoms with Crippen LogP contribution in [0.4, 0.5) is 0 Å². The van der Waals surface area contributed by atoms with Crippen LogP contribution >= 0.6 is 0 Å². The van der Waals surface area contributed by atoms with E-state index in [1.165, 1.54) is 0 Å². The van der Waals surface area contributed by atoms with Crippen LogP contribution < -0.4 is 5.73 Å². The van der Waals surface area contributed by atoms with Crippen LogP contribution in [0.15, 0.2) is 34.6 Å². The standard InChI is InChI=1S/C7H8N2/c1-6-4-7(8)2-3-9-5-6/h2,4-5H,8H2,1H3. The Hall–Kier alpha value is -1.27. The van der Waals surface area contributed by atoms with Gasteiger partial charge in [-0.3, -0.25) is 0 Å². The van der Waals surface area contributed by atoms with E-state index in [1.807, 2.05) is 13.0 Å². The molecule has 9 heavy (non-hydrogen) atoms. The lowest BCUT2D eigenvalue weighted by molar-refractivity contribution is 1.38. The van der Waals surface area contributed by atoms with E-state index in [1.54, 1.807) is 12.3 Å². The van der Waals surface area contributed by atoms with Gasteiger partial charge >= 0.3 is 0 Å². The van der Waals surface area contributed by atoms with Crippen molar-refractivity contribution in [3.8, 4) is 0 Å². The zero-order valence-electron chi connectivity index (χ0n) is 5.26. The highest BCUT2D eigenvalue weighted by Crippen LogP contribution is 1.99. The first kappa shape index (κ1) is 5.86. The topological polar surface area (TPSA) is 38.4 Å². The molecule has 1 aliphatic heterocycles. The van der Waals surface area contributed by atoms with Gasteiger partial charge in [0.2, 0.25) is 0 Å². The lowest BCUT2D eigenvalue weighted by atomic mass is 10.3. The van der Waals surface area contributed by atoms with Gasteiger partial charge in [0.25, 0.3) is 0 Å². The zero-order valence-corrected chi connectivity index (χ0v) is 5.26. The first-order valence-corrected chi connectivity index (χ1v) is 2.71. The smallest absolute Gasteiger partial charge is 0.0411 e. The summed E-state index contributed by atoms with van der Waals surface area (Å²) in [7, 11) is 0. The Balaban J connectivity index is 3.00. The molecule has 0 aromatic carbocycles. The molecular formula is C7H8N2. The number of hydrogen-bond donors (Lipinski definition) is 1. The van der Waals surface area contributed by atoms with Crippen LogP contribution in [0.25, 0.3) is 0 Å². The van der Waals surface area contributed by atoms with Crippen molar-refractivity contribution >= 4 is 5.87 Å². The molecule has 2 heteroatoms. The first-order valence-electron chi connectivity index (χ1n) is 2.71. The summed E-state index contributed by atoms with van der Waals surface area (Å²) in [4.78, 5) is 3.80. The zero-order chi connectivity index (χ0) is 6.69. The van der Waals surface area contributed by atoms with Gasteiger partial charge in [-0.1, -0.05) is 0 Å². The second kappa shape index (κ2) is 2.33. The van der Waals surface area contributed by atoms with E-state index in [-0.39, 0.29) is 0 Å². The predicted octanol–water partition coefficient (Wildman–Crippen LogP) is 0.972. The van der Waals surface area contributed by atoms with Crippen LogP contribution in [0.5, 0.6) is 0 Å². The minimum atomic E-state index is 0.699. The summed E-state index contributed by atoms with van der Waals surface area (Å²) in [6, 6.07) is 0. The van der Waals surface area contributed by atoms with Gasteiger partial charge in [0.15, 0.2) is 0 Å². The number of aliphatic imine (C=N–C) groups is 1. The van der Waals surface area contributed by atoms with Crippen molar-refractivity contribution in [3.63, 3.8) is 0 Å². The quantitative estimate of drug-likeness (QED) is 0.508. The molecule has 0 aromatic heterocycles. The van der Waals surface area contributed by atoms with Crippen molar-refractivity contribution in [1.82, 2.24) is 0 Å². The number of nitrogens with zero attached hydrogens (tertiary/aromatic N) is 1. The fourth-order valence-corrected chi connectivity index (χ4v) is 0.593. The second-order valence-corrected chi connectivity index (χ2v) is 1.92. The van der Waals surface area contributed by atoms with Gasteiger partial charge in [0, 0.05) is 18.0 Å². The molecule has 2 N–H and O–H groups in total. The summed E-state index contributed by atoms with van der Waals surface area (Å²) < 4.78 is 0. The normalized spacial score (nSPS) is 16.6. The van der Waals surface area contributed by atoms with Gasteiger partial charge in [0.1, 0.15) is 0 Å². The molecule has 2 nitrogen and oxygen atoms in total. The molecule has 0 aliphatic carbocycles. The van der Waals surface area contributed by atoms with Gasteiger partial charge < -0.3 is 5.73 Å². The molecule has 0 aromatic rings. The van der Waals surface area contributed by atoms with Gasteiger partial charge in [-0.15, -0.1) is 0 Å². The molecule has 0 radical (unpaired) electrons. The Bertz CT molecular complexity index is 227. The minimum Gasteiger partial charge on any atom is -0.398 e. The molecular weight excluding hydrogens is 112 g/mol. The van der Waals surface area contributed by atoms with E-state index >= 15 is 0 Å². The highest BCUT2D eigenvalue weighted by molar-refractivity contribution is 5.59. The molecule has 0 saturated heterocycles. The largest absolute Gasteiger partial charge is 0.398 e. The van der Waals surface area contributed by atoms with E-state index in [2.05, 4.69) is 10.9 Å². The second-order valence-electron chi connectivity index (χ2n) is 1.92. The summed E-state index contributed by atoms with van der Waals surface area (Å²) in [5.41, 5.74) is 7.22. The van der Waals surface area contributed by atoms with Crippen molar-refractivity contribution in [1.29, 1.82) is 0 Å². The maximum absolute atomic E-state index is 5.47. The van der Waals surface area contributed by atoms with Gasteiger partial charge in [-0.25, -0.2) is 4.99 Å². The molecule has 1 aliphatic rings. The van der Waals surface area contributed by atoms with Gasteiger partial charge in [0.05, 0.1) is 0 Å². The monoisotopic (exact) mass is 120 g/mol. The van der Waals surface area contributed by atoms with Crippen molar-refractivity contribution in [2.45, 2.75) is 6.92 Å². The van der Waals surface area contributed by atoms with E-state index in [4.69, 9.17) is 5.73 Å². The lowest BCUT2D eigenvalue weighted by Gasteiger charge is -1.87. The molecule has 0 bridgehead atoms. The molecule has 0 unspecified atom stereocenters. The number of nitrogens with two attached hydrogens (primary N) is 1. The average Bonchev–Trinajstić information content (AvgIpc) is 1.93. The predicted molar refractivity (Wildman–Crippen MR) is 38.0 cm³/mol. The van der Waals surface area contributed by atoms with E-state index in [0.29, 0.717) is 5.70 Å². The molecule has 0 fully saturated rings. The number of allylic oxidation sites excluding steroid dienone is 3. The summed E-state index contributed by atoms with van der Waals surface area (Å²) in [5.74, 6) is 2.66.